The molecule has 2 heterocycles. The van der Waals surface area contributed by atoms with Gasteiger partial charge in [0.15, 0.2) is 0 Å². The molecule has 2 N–H and O–H groups in total. The number of rotatable bonds is 10. The largest absolute Gasteiger partial charge is 0.382 e. The molecule has 11 heteroatoms. The first kappa shape index (κ1) is 29.1. The van der Waals surface area contributed by atoms with Gasteiger partial charge in [0.05, 0.1) is 10.8 Å². The number of likely N-dealkylation sites (tertiary alicyclic amines) is 2. The molecule has 37 heavy (non-hydrogen) atoms. The van der Waals surface area contributed by atoms with E-state index in [4.69, 9.17) is 4.74 Å². The van der Waals surface area contributed by atoms with E-state index in [0.29, 0.717) is 57.8 Å². The molecule has 206 valence electrons. The van der Waals surface area contributed by atoms with Crippen LogP contribution in [-0.2, 0) is 29.1 Å². The van der Waals surface area contributed by atoms with Crippen LogP contribution in [0, 0.1) is 11.8 Å². The van der Waals surface area contributed by atoms with Gasteiger partial charge in [0.1, 0.15) is 0 Å². The molecule has 0 bridgehead atoms. The molecule has 2 aliphatic heterocycles. The van der Waals surface area contributed by atoms with Gasteiger partial charge in [0, 0.05) is 63.0 Å². The molecule has 3 amide bonds. The standard InChI is InChI=1S/C26H40N4O6S/c1-5-36-16-6-13-27-37(34,35)22-9-7-21(8-10-22)28-24(32)19-11-14-29(15-12-19)25(33)20-17-23(31)30(18-20)26(2,3)4/h7-10,19-20,27H,5-6,11-18H2,1-4H3,(H,28,32). The highest BCUT2D eigenvalue weighted by atomic mass is 32.2. The minimum atomic E-state index is -3.63. The maximum Gasteiger partial charge on any atom is 0.240 e. The molecule has 1 aromatic carbocycles. The molecule has 0 radical (unpaired) electrons. The number of amides is 3. The summed E-state index contributed by atoms with van der Waals surface area (Å²) in [4.78, 5) is 41.8. The van der Waals surface area contributed by atoms with E-state index in [2.05, 4.69) is 10.0 Å². The van der Waals surface area contributed by atoms with Crippen molar-refractivity contribution in [2.75, 3.05) is 44.7 Å². The first-order chi connectivity index (χ1) is 17.4. The van der Waals surface area contributed by atoms with Crippen LogP contribution in [0.5, 0.6) is 0 Å². The van der Waals surface area contributed by atoms with E-state index in [-0.39, 0.29) is 53.0 Å². The molecule has 10 nitrogen and oxygen atoms in total. The van der Waals surface area contributed by atoms with Gasteiger partial charge in [-0.15, -0.1) is 0 Å². The summed E-state index contributed by atoms with van der Waals surface area (Å²) in [5.74, 6) is -0.716. The lowest BCUT2D eigenvalue weighted by Crippen LogP contribution is -2.46. The molecular formula is C26H40N4O6S. The second kappa shape index (κ2) is 12.4. The van der Waals surface area contributed by atoms with Crippen molar-refractivity contribution in [3.8, 4) is 0 Å². The normalized spacial score (nSPS) is 19.4. The third-order valence-corrected chi connectivity index (χ3v) is 8.33. The summed E-state index contributed by atoms with van der Waals surface area (Å²) < 4.78 is 32.6. The topological polar surface area (TPSA) is 125 Å². The fourth-order valence-electron chi connectivity index (χ4n) is 4.71. The summed E-state index contributed by atoms with van der Waals surface area (Å²) in [7, 11) is -3.63. The zero-order valence-electron chi connectivity index (χ0n) is 22.3. The van der Waals surface area contributed by atoms with E-state index in [1.54, 1.807) is 21.9 Å². The molecule has 0 aliphatic carbocycles. The van der Waals surface area contributed by atoms with Gasteiger partial charge in [0.2, 0.25) is 27.7 Å². The third kappa shape index (κ3) is 7.75. The molecular weight excluding hydrogens is 496 g/mol. The van der Waals surface area contributed by atoms with Crippen molar-refractivity contribution in [2.45, 2.75) is 63.8 Å². The fraction of sp³-hybridized carbons (Fsp3) is 0.654. The van der Waals surface area contributed by atoms with E-state index < -0.39 is 10.0 Å². The number of benzene rings is 1. The first-order valence-corrected chi connectivity index (χ1v) is 14.5. The highest BCUT2D eigenvalue weighted by molar-refractivity contribution is 7.89. The molecule has 2 aliphatic rings. The van der Waals surface area contributed by atoms with Crippen molar-refractivity contribution < 1.29 is 27.5 Å². The van der Waals surface area contributed by atoms with E-state index in [0.717, 1.165) is 0 Å². The van der Waals surface area contributed by atoms with E-state index in [1.165, 1.54) is 12.1 Å². The molecule has 1 unspecified atom stereocenters. The fourth-order valence-corrected chi connectivity index (χ4v) is 5.79. The summed E-state index contributed by atoms with van der Waals surface area (Å²) in [6.07, 6.45) is 1.91. The first-order valence-electron chi connectivity index (χ1n) is 13.0. The zero-order valence-corrected chi connectivity index (χ0v) is 23.1. The summed E-state index contributed by atoms with van der Waals surface area (Å²) in [6.45, 7) is 10.6. The Kier molecular flexibility index (Phi) is 9.71. The van der Waals surface area contributed by atoms with Crippen molar-refractivity contribution in [1.29, 1.82) is 0 Å². The van der Waals surface area contributed by atoms with Crippen LogP contribution in [0.2, 0.25) is 0 Å². The molecule has 2 fully saturated rings. The van der Waals surface area contributed by atoms with Crippen LogP contribution in [0.4, 0.5) is 5.69 Å². The van der Waals surface area contributed by atoms with Gasteiger partial charge in [-0.05, 0) is 71.2 Å². The highest BCUT2D eigenvalue weighted by Crippen LogP contribution is 2.29. The second-order valence-electron chi connectivity index (χ2n) is 10.6. The minimum absolute atomic E-state index is 0.0105. The maximum absolute atomic E-state index is 13.0. The molecule has 3 rings (SSSR count). The number of piperidine rings is 1. The van der Waals surface area contributed by atoms with Crippen LogP contribution in [0.1, 0.15) is 53.4 Å². The van der Waals surface area contributed by atoms with Crippen molar-refractivity contribution in [3.63, 3.8) is 0 Å². The van der Waals surface area contributed by atoms with Gasteiger partial charge < -0.3 is 19.9 Å². The van der Waals surface area contributed by atoms with E-state index >= 15 is 0 Å². The quantitative estimate of drug-likeness (QED) is 0.442. The highest BCUT2D eigenvalue weighted by Gasteiger charge is 2.41. The smallest absolute Gasteiger partial charge is 0.240 e. The van der Waals surface area contributed by atoms with Gasteiger partial charge in [-0.3, -0.25) is 14.4 Å². The average Bonchev–Trinajstić information content (AvgIpc) is 3.26. The Labute approximate surface area is 220 Å². The van der Waals surface area contributed by atoms with Crippen LogP contribution < -0.4 is 10.0 Å². The minimum Gasteiger partial charge on any atom is -0.382 e. The Hall–Kier alpha value is -2.50. The molecule has 0 spiro atoms. The Balaban J connectivity index is 1.46. The van der Waals surface area contributed by atoms with Gasteiger partial charge in [-0.2, -0.15) is 0 Å². The van der Waals surface area contributed by atoms with Gasteiger partial charge in [-0.1, -0.05) is 0 Å². The summed E-state index contributed by atoms with van der Waals surface area (Å²) in [5, 5.41) is 2.86. The Morgan fingerprint density at radius 3 is 2.30 bits per heavy atom. The van der Waals surface area contributed by atoms with Crippen LogP contribution in [0.25, 0.3) is 0 Å². The zero-order chi connectivity index (χ0) is 27.2. The predicted molar refractivity (Wildman–Crippen MR) is 140 cm³/mol. The number of hydrogen-bond acceptors (Lipinski definition) is 6. The molecule has 1 aromatic rings. The number of nitrogens with one attached hydrogen (secondary N) is 2. The number of nitrogens with zero attached hydrogens (tertiary/aromatic N) is 2. The lowest BCUT2D eigenvalue weighted by Gasteiger charge is -2.34. The van der Waals surface area contributed by atoms with Crippen LogP contribution in [0.15, 0.2) is 29.2 Å². The second-order valence-corrected chi connectivity index (χ2v) is 12.4. The SMILES string of the molecule is CCOCCCNS(=O)(=O)c1ccc(NC(=O)C2CCN(C(=O)C3CC(=O)N(C(C)(C)C)C3)CC2)cc1. The monoisotopic (exact) mass is 536 g/mol. The Bertz CT molecular complexity index is 1060. The number of sulfonamides is 1. The lowest BCUT2D eigenvalue weighted by molar-refractivity contribution is -0.138. The Morgan fingerprint density at radius 2 is 1.73 bits per heavy atom. The maximum atomic E-state index is 13.0. The third-order valence-electron chi connectivity index (χ3n) is 6.86. The van der Waals surface area contributed by atoms with Crippen LogP contribution in [-0.4, -0.2) is 80.9 Å². The number of ether oxygens (including phenoxy) is 1. The van der Waals surface area contributed by atoms with Crippen molar-refractivity contribution in [3.05, 3.63) is 24.3 Å². The molecule has 0 aromatic heterocycles. The number of carbonyl (C=O) groups is 3. The molecule has 0 saturated carbocycles. The van der Waals surface area contributed by atoms with Crippen LogP contribution in [0.3, 0.4) is 0 Å². The molecule has 2 saturated heterocycles. The summed E-state index contributed by atoms with van der Waals surface area (Å²) in [6, 6.07) is 6.07. The van der Waals surface area contributed by atoms with Crippen molar-refractivity contribution in [2.24, 2.45) is 11.8 Å². The number of carbonyl (C=O) groups excluding carboxylic acids is 3. The molecule has 1 atom stereocenters. The summed E-state index contributed by atoms with van der Waals surface area (Å²) in [5.41, 5.74) is 0.213. The van der Waals surface area contributed by atoms with E-state index in [9.17, 15) is 22.8 Å². The van der Waals surface area contributed by atoms with Gasteiger partial charge in [0.25, 0.3) is 0 Å². The van der Waals surface area contributed by atoms with Crippen molar-refractivity contribution >= 4 is 33.4 Å². The van der Waals surface area contributed by atoms with Crippen molar-refractivity contribution in [1.82, 2.24) is 14.5 Å². The van der Waals surface area contributed by atoms with Gasteiger partial charge in [-0.25, -0.2) is 13.1 Å². The van der Waals surface area contributed by atoms with Crippen LogP contribution >= 0.6 is 0 Å². The van der Waals surface area contributed by atoms with E-state index in [1.807, 2.05) is 27.7 Å². The lowest BCUT2D eigenvalue weighted by atomic mass is 9.94. The predicted octanol–water partition coefficient (Wildman–Crippen LogP) is 2.22. The summed E-state index contributed by atoms with van der Waals surface area (Å²) >= 11 is 0. The Morgan fingerprint density at radius 1 is 1.08 bits per heavy atom. The average molecular weight is 537 g/mol. The van der Waals surface area contributed by atoms with Gasteiger partial charge >= 0.3 is 0 Å². The number of hydrogen-bond donors (Lipinski definition) is 2. The number of anilines is 1.